The first kappa shape index (κ1) is 21.9. The fourth-order valence-electron chi connectivity index (χ4n) is 3.56. The van der Waals surface area contributed by atoms with E-state index in [1.165, 1.54) is 7.11 Å². The number of benzene rings is 2. The number of ether oxygens (including phenoxy) is 3. The van der Waals surface area contributed by atoms with E-state index in [1.54, 1.807) is 6.07 Å². The lowest BCUT2D eigenvalue weighted by Crippen LogP contribution is -2.44. The second-order valence-electron chi connectivity index (χ2n) is 7.10. The average Bonchev–Trinajstić information content (AvgIpc) is 2.73. The van der Waals surface area contributed by atoms with Gasteiger partial charge in [0, 0.05) is 6.42 Å². The third-order valence-electron chi connectivity index (χ3n) is 5.07. The van der Waals surface area contributed by atoms with Gasteiger partial charge in [0.1, 0.15) is 23.7 Å². The fraction of sp³-hybridized carbons (Fsp3) is 0.455. The van der Waals surface area contributed by atoms with Crippen LogP contribution in [0.1, 0.15) is 36.1 Å². The molecule has 3 rings (SSSR count). The molecular formula is C22H27ClO6. The van der Waals surface area contributed by atoms with E-state index in [0.29, 0.717) is 29.4 Å². The van der Waals surface area contributed by atoms with Crippen LogP contribution in [0.3, 0.4) is 0 Å². The molecule has 0 radical (unpaired) electrons. The molecule has 1 aliphatic rings. The zero-order valence-electron chi connectivity index (χ0n) is 16.5. The van der Waals surface area contributed by atoms with Crippen LogP contribution in [0.4, 0.5) is 0 Å². The molecule has 2 aromatic carbocycles. The number of aliphatic hydroxyl groups excluding tert-OH is 3. The van der Waals surface area contributed by atoms with Crippen molar-refractivity contribution in [1.82, 2.24) is 0 Å². The Morgan fingerprint density at radius 3 is 2.52 bits per heavy atom. The zero-order valence-corrected chi connectivity index (χ0v) is 17.3. The molecule has 1 saturated heterocycles. The maximum Gasteiger partial charge on any atom is 0.138 e. The first-order chi connectivity index (χ1) is 14.0. The van der Waals surface area contributed by atoms with Crippen LogP contribution in [0, 0.1) is 0 Å². The van der Waals surface area contributed by atoms with E-state index in [-0.39, 0.29) is 13.0 Å². The Labute approximate surface area is 175 Å². The summed E-state index contributed by atoms with van der Waals surface area (Å²) in [5, 5.41) is 30.5. The molecular weight excluding hydrogens is 396 g/mol. The SMILES string of the molecule is CCOc1ccc(Cc2cc(C3OC(CO)CC(O)C3O)cc(OC)c2Cl)cc1. The van der Waals surface area contributed by atoms with E-state index in [1.807, 2.05) is 37.3 Å². The first-order valence-corrected chi connectivity index (χ1v) is 10.0. The summed E-state index contributed by atoms with van der Waals surface area (Å²) in [7, 11) is 1.52. The van der Waals surface area contributed by atoms with Gasteiger partial charge < -0.3 is 29.5 Å². The Bertz CT molecular complexity index is 810. The highest BCUT2D eigenvalue weighted by Crippen LogP contribution is 2.38. The van der Waals surface area contributed by atoms with E-state index in [4.69, 9.17) is 25.8 Å². The molecule has 2 aromatic rings. The van der Waals surface area contributed by atoms with Crippen molar-refractivity contribution in [2.24, 2.45) is 0 Å². The van der Waals surface area contributed by atoms with Crippen molar-refractivity contribution in [3.63, 3.8) is 0 Å². The van der Waals surface area contributed by atoms with Crippen LogP contribution < -0.4 is 9.47 Å². The van der Waals surface area contributed by atoms with Gasteiger partial charge in [-0.05, 0) is 48.2 Å². The third-order valence-corrected chi connectivity index (χ3v) is 5.49. The minimum atomic E-state index is -1.11. The zero-order chi connectivity index (χ0) is 21.0. The van der Waals surface area contributed by atoms with Crippen LogP contribution in [-0.2, 0) is 11.2 Å². The molecule has 7 heteroatoms. The van der Waals surface area contributed by atoms with Gasteiger partial charge in [-0.3, -0.25) is 0 Å². The van der Waals surface area contributed by atoms with E-state index in [2.05, 4.69) is 0 Å². The van der Waals surface area contributed by atoms with Gasteiger partial charge in [0.15, 0.2) is 0 Å². The van der Waals surface area contributed by atoms with Crippen LogP contribution >= 0.6 is 11.6 Å². The van der Waals surface area contributed by atoms with Crippen molar-refractivity contribution in [2.45, 2.75) is 44.2 Å². The minimum absolute atomic E-state index is 0.179. The van der Waals surface area contributed by atoms with Crippen molar-refractivity contribution < 1.29 is 29.5 Å². The smallest absolute Gasteiger partial charge is 0.138 e. The van der Waals surface area contributed by atoms with E-state index >= 15 is 0 Å². The monoisotopic (exact) mass is 422 g/mol. The molecule has 1 aliphatic heterocycles. The summed E-state index contributed by atoms with van der Waals surface area (Å²) in [5.41, 5.74) is 2.48. The van der Waals surface area contributed by atoms with Crippen molar-refractivity contribution in [3.8, 4) is 11.5 Å². The number of rotatable bonds is 7. The molecule has 29 heavy (non-hydrogen) atoms. The summed E-state index contributed by atoms with van der Waals surface area (Å²) >= 11 is 6.53. The topological polar surface area (TPSA) is 88.4 Å². The summed E-state index contributed by atoms with van der Waals surface area (Å²) in [6, 6.07) is 11.3. The molecule has 1 heterocycles. The maximum atomic E-state index is 10.5. The van der Waals surface area contributed by atoms with E-state index < -0.39 is 24.4 Å². The minimum Gasteiger partial charge on any atom is -0.495 e. The Kier molecular flexibility index (Phi) is 7.38. The standard InChI is InChI=1S/C22H27ClO6/c1-3-28-16-6-4-13(5-7-16)8-14-9-15(10-19(27-2)20(14)23)22-21(26)18(25)11-17(12-24)29-22/h4-7,9-10,17-18,21-22,24-26H,3,8,11-12H2,1-2H3. The highest BCUT2D eigenvalue weighted by molar-refractivity contribution is 6.32. The lowest BCUT2D eigenvalue weighted by atomic mass is 9.91. The largest absolute Gasteiger partial charge is 0.495 e. The Hall–Kier alpha value is -1.83. The van der Waals surface area contributed by atoms with E-state index in [0.717, 1.165) is 16.9 Å². The fourth-order valence-corrected chi connectivity index (χ4v) is 3.81. The van der Waals surface area contributed by atoms with Crippen molar-refractivity contribution >= 4 is 11.6 Å². The van der Waals surface area contributed by atoms with Gasteiger partial charge in [0.2, 0.25) is 0 Å². The highest BCUT2D eigenvalue weighted by Gasteiger charge is 2.38. The number of aliphatic hydroxyl groups is 3. The van der Waals surface area contributed by atoms with E-state index in [9.17, 15) is 15.3 Å². The summed E-state index contributed by atoms with van der Waals surface area (Å²) in [5.74, 6) is 1.26. The van der Waals surface area contributed by atoms with Crippen LogP contribution in [0.2, 0.25) is 5.02 Å². The second-order valence-corrected chi connectivity index (χ2v) is 7.48. The summed E-state index contributed by atoms with van der Waals surface area (Å²) < 4.78 is 16.7. The predicted molar refractivity (Wildman–Crippen MR) is 110 cm³/mol. The summed E-state index contributed by atoms with van der Waals surface area (Å²) in [6.07, 6.45) is -2.71. The molecule has 6 nitrogen and oxygen atoms in total. The van der Waals surface area contributed by atoms with Gasteiger partial charge in [-0.2, -0.15) is 0 Å². The van der Waals surface area contributed by atoms with Gasteiger partial charge in [-0.1, -0.05) is 29.8 Å². The second kappa shape index (κ2) is 9.78. The van der Waals surface area contributed by atoms with Crippen molar-refractivity contribution in [3.05, 3.63) is 58.1 Å². The molecule has 0 amide bonds. The van der Waals surface area contributed by atoms with Crippen LogP contribution in [0.5, 0.6) is 11.5 Å². The summed E-state index contributed by atoms with van der Waals surface area (Å²) in [6.45, 7) is 2.31. The van der Waals surface area contributed by atoms with Crippen molar-refractivity contribution in [2.75, 3.05) is 20.3 Å². The van der Waals surface area contributed by atoms with Gasteiger partial charge in [-0.15, -0.1) is 0 Å². The van der Waals surface area contributed by atoms with Gasteiger partial charge >= 0.3 is 0 Å². The number of halogens is 1. The highest BCUT2D eigenvalue weighted by atomic mass is 35.5. The molecule has 0 spiro atoms. The van der Waals surface area contributed by atoms with Gasteiger partial charge in [-0.25, -0.2) is 0 Å². The Morgan fingerprint density at radius 2 is 1.90 bits per heavy atom. The maximum absolute atomic E-state index is 10.5. The molecule has 4 atom stereocenters. The third kappa shape index (κ3) is 5.02. The summed E-state index contributed by atoms with van der Waals surface area (Å²) in [4.78, 5) is 0. The molecule has 3 N–H and O–H groups in total. The Morgan fingerprint density at radius 1 is 1.17 bits per heavy atom. The molecule has 0 bridgehead atoms. The lowest BCUT2D eigenvalue weighted by molar-refractivity contribution is -0.179. The number of methoxy groups -OCH3 is 1. The molecule has 158 valence electrons. The van der Waals surface area contributed by atoms with Crippen LogP contribution in [-0.4, -0.2) is 54.0 Å². The number of hydrogen-bond acceptors (Lipinski definition) is 6. The number of hydrogen-bond donors (Lipinski definition) is 3. The normalized spacial score (nSPS) is 24.3. The van der Waals surface area contributed by atoms with Crippen LogP contribution in [0.15, 0.2) is 36.4 Å². The molecule has 1 fully saturated rings. The molecule has 0 aliphatic carbocycles. The van der Waals surface area contributed by atoms with Crippen LogP contribution in [0.25, 0.3) is 0 Å². The molecule has 4 unspecified atom stereocenters. The molecule has 0 aromatic heterocycles. The molecule has 0 saturated carbocycles. The average molecular weight is 423 g/mol. The Balaban J connectivity index is 1.91. The van der Waals surface area contributed by atoms with Gasteiger partial charge in [0.25, 0.3) is 0 Å². The van der Waals surface area contributed by atoms with Crippen molar-refractivity contribution in [1.29, 1.82) is 0 Å². The lowest BCUT2D eigenvalue weighted by Gasteiger charge is -2.37. The predicted octanol–water partition coefficient (Wildman–Crippen LogP) is 2.88. The first-order valence-electron chi connectivity index (χ1n) is 9.67. The van der Waals surface area contributed by atoms with Gasteiger partial charge in [0.05, 0.1) is 37.6 Å². The quantitative estimate of drug-likeness (QED) is 0.636.